The average Bonchev–Trinajstić information content (AvgIpc) is 2.89. The van der Waals surface area contributed by atoms with Crippen LogP contribution >= 0.6 is 11.6 Å². The predicted octanol–water partition coefficient (Wildman–Crippen LogP) is 3.83. The van der Waals surface area contributed by atoms with Crippen molar-refractivity contribution in [2.45, 2.75) is 13.0 Å². The van der Waals surface area contributed by atoms with Crippen molar-refractivity contribution >= 4 is 34.1 Å². The van der Waals surface area contributed by atoms with Crippen LogP contribution in [0.5, 0.6) is 5.75 Å². The number of pyridine rings is 1. The van der Waals surface area contributed by atoms with Crippen molar-refractivity contribution in [3.8, 4) is 11.8 Å². The maximum Gasteiger partial charge on any atom is 0.254 e. The number of methoxy groups -OCH3 is 1. The summed E-state index contributed by atoms with van der Waals surface area (Å²) in [5.74, 6) is 0.389. The summed E-state index contributed by atoms with van der Waals surface area (Å²) in [7, 11) is 1.57. The smallest absolute Gasteiger partial charge is 0.254 e. The van der Waals surface area contributed by atoms with Crippen molar-refractivity contribution in [2.24, 2.45) is 0 Å². The number of nitrogens with zero attached hydrogens (tertiary/aromatic N) is 3. The van der Waals surface area contributed by atoms with Gasteiger partial charge in [0, 0.05) is 37.8 Å². The summed E-state index contributed by atoms with van der Waals surface area (Å²) in [6.07, 6.45) is 2.42. The molecule has 0 spiro atoms. The van der Waals surface area contributed by atoms with Crippen LogP contribution in [0.1, 0.15) is 27.9 Å². The Morgan fingerprint density at radius 2 is 2.09 bits per heavy atom. The van der Waals surface area contributed by atoms with Crippen molar-refractivity contribution in [2.75, 3.05) is 51.8 Å². The maximum atomic E-state index is 13.1. The summed E-state index contributed by atoms with van der Waals surface area (Å²) in [5.41, 5.74) is 3.18. The number of morpholine rings is 1. The fourth-order valence-corrected chi connectivity index (χ4v) is 4.34. The Hall–Kier alpha value is -3.38. The van der Waals surface area contributed by atoms with Crippen LogP contribution < -0.4 is 15.4 Å². The van der Waals surface area contributed by atoms with Crippen molar-refractivity contribution in [3.63, 3.8) is 0 Å². The van der Waals surface area contributed by atoms with Gasteiger partial charge in [-0.15, -0.1) is 0 Å². The maximum absolute atomic E-state index is 13.1. The van der Waals surface area contributed by atoms with Gasteiger partial charge in [0.2, 0.25) is 0 Å². The number of carbonyl (C=O) groups excluding carboxylic acids is 1. The molecule has 1 aliphatic rings. The van der Waals surface area contributed by atoms with Gasteiger partial charge < -0.3 is 20.1 Å². The molecule has 1 saturated heterocycles. The van der Waals surface area contributed by atoms with Gasteiger partial charge in [0.05, 0.1) is 53.7 Å². The number of fused-ring (bicyclic) bond motifs is 1. The Bertz CT molecular complexity index is 1240. The topological polar surface area (TPSA) is 99.5 Å². The van der Waals surface area contributed by atoms with E-state index in [1.54, 1.807) is 37.6 Å². The van der Waals surface area contributed by atoms with Gasteiger partial charge in [-0.3, -0.25) is 14.7 Å². The largest absolute Gasteiger partial charge is 0.495 e. The number of amides is 1. The molecule has 4 rings (SSSR count). The first kappa shape index (κ1) is 24.7. The molecule has 2 aromatic carbocycles. The van der Waals surface area contributed by atoms with E-state index in [0.717, 1.165) is 44.8 Å². The van der Waals surface area contributed by atoms with Crippen LogP contribution in [-0.2, 0) is 11.3 Å². The van der Waals surface area contributed by atoms with E-state index in [9.17, 15) is 10.1 Å². The molecule has 0 radical (unpaired) electrons. The number of rotatable bonds is 9. The Kier molecular flexibility index (Phi) is 8.37. The number of halogens is 1. The van der Waals surface area contributed by atoms with E-state index in [1.165, 1.54) is 0 Å². The number of anilines is 1. The third-order valence-corrected chi connectivity index (χ3v) is 6.26. The van der Waals surface area contributed by atoms with Crippen LogP contribution in [0.15, 0.2) is 42.6 Å². The minimum absolute atomic E-state index is 0.209. The molecule has 0 saturated carbocycles. The molecule has 0 atom stereocenters. The molecule has 9 heteroatoms. The van der Waals surface area contributed by atoms with E-state index in [-0.39, 0.29) is 5.91 Å². The zero-order chi connectivity index (χ0) is 24.6. The number of hydrogen-bond acceptors (Lipinski definition) is 7. The van der Waals surface area contributed by atoms with Crippen molar-refractivity contribution in [1.29, 1.82) is 5.26 Å². The fourth-order valence-electron chi connectivity index (χ4n) is 4.06. The SMILES string of the molecule is COc1ccc(CNc2c(C(=O)NCCCN3CCOCC3)cnc3ccc(C#N)cc23)cc1Cl. The minimum atomic E-state index is -0.209. The predicted molar refractivity (Wildman–Crippen MR) is 136 cm³/mol. The van der Waals surface area contributed by atoms with Gasteiger partial charge in [-0.25, -0.2) is 0 Å². The first-order valence-corrected chi connectivity index (χ1v) is 11.9. The van der Waals surface area contributed by atoms with Crippen molar-refractivity contribution in [3.05, 3.63) is 64.3 Å². The number of nitrogens with one attached hydrogen (secondary N) is 2. The van der Waals surface area contributed by atoms with Gasteiger partial charge >= 0.3 is 0 Å². The molecular weight excluding hydrogens is 466 g/mol. The van der Waals surface area contributed by atoms with E-state index in [2.05, 4.69) is 26.6 Å². The van der Waals surface area contributed by atoms with Crippen molar-refractivity contribution in [1.82, 2.24) is 15.2 Å². The van der Waals surface area contributed by atoms with Crippen LogP contribution in [-0.4, -0.2) is 62.3 Å². The highest BCUT2D eigenvalue weighted by atomic mass is 35.5. The minimum Gasteiger partial charge on any atom is -0.495 e. The van der Waals surface area contributed by atoms with E-state index >= 15 is 0 Å². The standard InChI is InChI=1S/C26H28ClN5O3/c1-34-24-6-4-19(14-22(24)27)16-31-25-20-13-18(15-28)3-5-23(20)30-17-21(25)26(33)29-7-2-8-32-9-11-35-12-10-32/h3-6,13-14,17H,2,7-12,16H2,1H3,(H,29,33)(H,30,31). The summed E-state index contributed by atoms with van der Waals surface area (Å²) >= 11 is 6.28. The van der Waals surface area contributed by atoms with Crippen LogP contribution in [0.3, 0.4) is 0 Å². The summed E-state index contributed by atoms with van der Waals surface area (Å²) < 4.78 is 10.6. The first-order valence-electron chi connectivity index (χ1n) is 11.6. The average molecular weight is 494 g/mol. The van der Waals surface area contributed by atoms with Crippen LogP contribution in [0.4, 0.5) is 5.69 Å². The second-order valence-corrected chi connectivity index (χ2v) is 8.68. The molecule has 3 aromatic rings. The van der Waals surface area contributed by atoms with E-state index < -0.39 is 0 Å². The Labute approximate surface area is 209 Å². The van der Waals surface area contributed by atoms with Crippen molar-refractivity contribution < 1.29 is 14.3 Å². The fraction of sp³-hybridized carbons (Fsp3) is 0.346. The van der Waals surface area contributed by atoms with Gasteiger partial charge in [0.1, 0.15) is 5.75 Å². The molecule has 35 heavy (non-hydrogen) atoms. The normalized spacial score (nSPS) is 13.9. The molecule has 1 aliphatic heterocycles. The van der Waals surface area contributed by atoms with Gasteiger partial charge in [0.15, 0.2) is 0 Å². The number of carbonyl (C=O) groups is 1. The lowest BCUT2D eigenvalue weighted by atomic mass is 10.1. The monoisotopic (exact) mass is 493 g/mol. The van der Waals surface area contributed by atoms with Gasteiger partial charge in [-0.05, 0) is 48.9 Å². The lowest BCUT2D eigenvalue weighted by molar-refractivity contribution is 0.0374. The van der Waals surface area contributed by atoms with E-state index in [1.807, 2.05) is 12.1 Å². The summed E-state index contributed by atoms with van der Waals surface area (Å²) in [4.78, 5) is 19.9. The van der Waals surface area contributed by atoms with Gasteiger partial charge in [-0.2, -0.15) is 5.26 Å². The zero-order valence-electron chi connectivity index (χ0n) is 19.6. The molecule has 182 valence electrons. The molecule has 1 aromatic heterocycles. The number of hydrogen-bond donors (Lipinski definition) is 2. The molecule has 1 fully saturated rings. The number of ether oxygens (including phenoxy) is 2. The summed E-state index contributed by atoms with van der Waals surface area (Å²) in [6, 6.07) is 13.0. The summed E-state index contributed by atoms with van der Waals surface area (Å²) in [5, 5.41) is 17.0. The van der Waals surface area contributed by atoms with E-state index in [0.29, 0.717) is 51.6 Å². The van der Waals surface area contributed by atoms with Crippen LogP contribution in [0.2, 0.25) is 5.02 Å². The van der Waals surface area contributed by atoms with Crippen LogP contribution in [0.25, 0.3) is 10.9 Å². The number of benzene rings is 2. The Morgan fingerprint density at radius 1 is 1.26 bits per heavy atom. The summed E-state index contributed by atoms with van der Waals surface area (Å²) in [6.45, 7) is 5.26. The first-order chi connectivity index (χ1) is 17.1. The lowest BCUT2D eigenvalue weighted by Crippen LogP contribution is -2.38. The molecule has 0 bridgehead atoms. The third kappa shape index (κ3) is 6.20. The van der Waals surface area contributed by atoms with Gasteiger partial charge in [0.25, 0.3) is 5.91 Å². The highest BCUT2D eigenvalue weighted by Gasteiger charge is 2.17. The molecule has 8 nitrogen and oxygen atoms in total. The lowest BCUT2D eigenvalue weighted by Gasteiger charge is -2.26. The Balaban J connectivity index is 1.52. The number of nitriles is 1. The molecule has 0 unspecified atom stereocenters. The second kappa shape index (κ2) is 11.8. The Morgan fingerprint density at radius 3 is 2.83 bits per heavy atom. The molecule has 2 N–H and O–H groups in total. The molecule has 1 amide bonds. The quantitative estimate of drug-likeness (QED) is 0.437. The number of aromatic nitrogens is 1. The van der Waals surface area contributed by atoms with Gasteiger partial charge in [-0.1, -0.05) is 17.7 Å². The molecule has 0 aliphatic carbocycles. The van der Waals surface area contributed by atoms with Crippen LogP contribution in [0, 0.1) is 11.3 Å². The van der Waals surface area contributed by atoms with E-state index in [4.69, 9.17) is 21.1 Å². The molecular formula is C26H28ClN5O3. The molecule has 2 heterocycles. The highest BCUT2D eigenvalue weighted by Crippen LogP contribution is 2.29. The highest BCUT2D eigenvalue weighted by molar-refractivity contribution is 6.32. The third-order valence-electron chi connectivity index (χ3n) is 5.97. The zero-order valence-corrected chi connectivity index (χ0v) is 20.4. The second-order valence-electron chi connectivity index (χ2n) is 8.28.